The smallest absolute Gasteiger partial charge is 0.224 e. The number of hydrogen-bond donors (Lipinski definition) is 3. The first kappa shape index (κ1) is 20.0. The van der Waals surface area contributed by atoms with E-state index in [2.05, 4.69) is 51.2 Å². The number of aryl methyl sites for hydroxylation is 1. The van der Waals surface area contributed by atoms with Crippen LogP contribution < -0.4 is 16.2 Å². The molecule has 3 heterocycles. The van der Waals surface area contributed by atoms with Gasteiger partial charge < -0.3 is 5.32 Å². The summed E-state index contributed by atoms with van der Waals surface area (Å²) >= 11 is 0. The lowest BCUT2D eigenvalue weighted by atomic mass is 9.95. The molecule has 0 bridgehead atoms. The lowest BCUT2D eigenvalue weighted by Crippen LogP contribution is -2.49. The van der Waals surface area contributed by atoms with Crippen molar-refractivity contribution in [1.82, 2.24) is 26.1 Å². The van der Waals surface area contributed by atoms with Gasteiger partial charge in [0.2, 0.25) is 5.91 Å². The van der Waals surface area contributed by atoms with Gasteiger partial charge in [0.05, 0.1) is 12.6 Å². The Morgan fingerprint density at radius 3 is 2.66 bits per heavy atom. The van der Waals surface area contributed by atoms with Crippen LogP contribution in [-0.4, -0.2) is 41.6 Å². The molecule has 2 aromatic rings. The maximum atomic E-state index is 12.3. The van der Waals surface area contributed by atoms with E-state index in [1.807, 2.05) is 30.6 Å². The number of rotatable bonds is 6. The molecule has 3 N–H and O–H groups in total. The highest BCUT2D eigenvalue weighted by molar-refractivity contribution is 5.78. The van der Waals surface area contributed by atoms with Gasteiger partial charge in [0.1, 0.15) is 0 Å². The number of benzene rings is 1. The lowest BCUT2D eigenvalue weighted by molar-refractivity contribution is -0.120. The zero-order valence-corrected chi connectivity index (χ0v) is 17.1. The molecule has 2 aliphatic rings. The Morgan fingerprint density at radius 2 is 1.90 bits per heavy atom. The van der Waals surface area contributed by atoms with Crippen LogP contribution in [0.25, 0.3) is 0 Å². The minimum atomic E-state index is 0.128. The molecule has 6 nitrogen and oxygen atoms in total. The van der Waals surface area contributed by atoms with Crippen LogP contribution >= 0.6 is 0 Å². The van der Waals surface area contributed by atoms with E-state index in [0.29, 0.717) is 24.5 Å². The molecular formula is C23H31N5O. The molecule has 2 atom stereocenters. The van der Waals surface area contributed by atoms with Gasteiger partial charge in [-0.2, -0.15) is 0 Å². The van der Waals surface area contributed by atoms with Crippen LogP contribution in [0.4, 0.5) is 0 Å². The van der Waals surface area contributed by atoms with Crippen LogP contribution in [0.3, 0.4) is 0 Å². The van der Waals surface area contributed by atoms with Crippen molar-refractivity contribution in [2.45, 2.75) is 44.8 Å². The second-order valence-electron chi connectivity index (χ2n) is 8.26. The summed E-state index contributed by atoms with van der Waals surface area (Å²) in [4.78, 5) is 18.9. The van der Waals surface area contributed by atoms with Crippen LogP contribution in [0.15, 0.2) is 48.8 Å². The van der Waals surface area contributed by atoms with Crippen molar-refractivity contribution < 1.29 is 4.79 Å². The normalized spacial score (nSPS) is 23.2. The van der Waals surface area contributed by atoms with Crippen molar-refractivity contribution in [2.24, 2.45) is 5.92 Å². The van der Waals surface area contributed by atoms with Crippen molar-refractivity contribution in [3.05, 3.63) is 65.5 Å². The molecule has 2 aliphatic heterocycles. The zero-order chi connectivity index (χ0) is 20.1. The maximum absolute atomic E-state index is 12.3. The average Bonchev–Trinajstić information content (AvgIpc) is 3.25. The van der Waals surface area contributed by atoms with E-state index in [1.54, 1.807) is 0 Å². The largest absolute Gasteiger partial charge is 0.356 e. The van der Waals surface area contributed by atoms with E-state index in [9.17, 15) is 4.79 Å². The molecule has 1 amide bonds. The molecule has 1 aromatic heterocycles. The summed E-state index contributed by atoms with van der Waals surface area (Å²) in [7, 11) is 0. The molecule has 0 radical (unpaired) electrons. The number of hydrogen-bond acceptors (Lipinski definition) is 5. The van der Waals surface area contributed by atoms with Crippen molar-refractivity contribution in [3.63, 3.8) is 0 Å². The highest BCUT2D eigenvalue weighted by Crippen LogP contribution is 2.26. The summed E-state index contributed by atoms with van der Waals surface area (Å²) < 4.78 is 0. The van der Waals surface area contributed by atoms with Gasteiger partial charge >= 0.3 is 0 Å². The summed E-state index contributed by atoms with van der Waals surface area (Å²) in [5, 5.41) is 3.15. The molecular weight excluding hydrogens is 362 g/mol. The van der Waals surface area contributed by atoms with Crippen LogP contribution in [-0.2, 0) is 11.2 Å². The number of nitrogens with one attached hydrogen (secondary N) is 3. The van der Waals surface area contributed by atoms with Crippen molar-refractivity contribution in [1.29, 1.82) is 0 Å². The monoisotopic (exact) mass is 393 g/mol. The Balaban J connectivity index is 1.18. The van der Waals surface area contributed by atoms with E-state index in [1.165, 1.54) is 11.1 Å². The Kier molecular flexibility index (Phi) is 6.54. The predicted octanol–water partition coefficient (Wildman–Crippen LogP) is 2.33. The fraction of sp³-hybridized carbons (Fsp3) is 0.478. The Labute approximate surface area is 173 Å². The summed E-state index contributed by atoms with van der Waals surface area (Å²) in [5.41, 5.74) is 10.5. The van der Waals surface area contributed by atoms with Crippen LogP contribution in [0, 0.1) is 12.8 Å². The summed E-state index contributed by atoms with van der Waals surface area (Å²) in [6, 6.07) is 12.6. The first-order chi connectivity index (χ1) is 14.2. The number of nitrogens with zero attached hydrogens (tertiary/aromatic N) is 2. The van der Waals surface area contributed by atoms with E-state index in [0.717, 1.165) is 44.5 Å². The summed E-state index contributed by atoms with van der Waals surface area (Å²) in [6.45, 7) is 4.99. The zero-order valence-electron chi connectivity index (χ0n) is 17.1. The van der Waals surface area contributed by atoms with Gasteiger partial charge in [-0.3, -0.25) is 14.7 Å². The number of hydrazine groups is 1. The molecule has 6 heteroatoms. The third-order valence-electron chi connectivity index (χ3n) is 6.28. The topological polar surface area (TPSA) is 69.3 Å². The average molecular weight is 394 g/mol. The van der Waals surface area contributed by atoms with Crippen molar-refractivity contribution >= 4 is 5.91 Å². The number of pyridine rings is 1. The van der Waals surface area contributed by atoms with E-state index < -0.39 is 0 Å². The van der Waals surface area contributed by atoms with Gasteiger partial charge in [-0.1, -0.05) is 24.3 Å². The summed E-state index contributed by atoms with van der Waals surface area (Å²) in [6.07, 6.45) is 7.85. The Bertz CT molecular complexity index is 804. The Morgan fingerprint density at radius 1 is 1.14 bits per heavy atom. The van der Waals surface area contributed by atoms with Gasteiger partial charge in [-0.25, -0.2) is 10.9 Å². The molecule has 2 saturated heterocycles. The van der Waals surface area contributed by atoms with E-state index in [-0.39, 0.29) is 5.91 Å². The number of likely N-dealkylation sites (tertiary alicyclic amines) is 1. The van der Waals surface area contributed by atoms with Gasteiger partial charge in [0, 0.05) is 25.0 Å². The molecule has 4 rings (SSSR count). The van der Waals surface area contributed by atoms with Crippen molar-refractivity contribution in [3.8, 4) is 0 Å². The highest BCUT2D eigenvalue weighted by Gasteiger charge is 2.31. The molecule has 154 valence electrons. The molecule has 0 spiro atoms. The number of amides is 1. The van der Waals surface area contributed by atoms with Gasteiger partial charge in [0.15, 0.2) is 0 Å². The quantitative estimate of drug-likeness (QED) is 0.703. The van der Waals surface area contributed by atoms with Gasteiger partial charge in [-0.05, 0) is 74.0 Å². The first-order valence-electron chi connectivity index (χ1n) is 10.7. The molecule has 0 aliphatic carbocycles. The highest BCUT2D eigenvalue weighted by atomic mass is 16.1. The third-order valence-corrected chi connectivity index (χ3v) is 6.28. The molecule has 2 fully saturated rings. The van der Waals surface area contributed by atoms with Gasteiger partial charge in [0.25, 0.3) is 0 Å². The second kappa shape index (κ2) is 9.48. The predicted molar refractivity (Wildman–Crippen MR) is 114 cm³/mol. The number of carbonyl (C=O) groups excluding carboxylic acids is 1. The number of piperidine rings is 1. The van der Waals surface area contributed by atoms with Crippen LogP contribution in [0.1, 0.15) is 42.0 Å². The molecule has 29 heavy (non-hydrogen) atoms. The minimum Gasteiger partial charge on any atom is -0.356 e. The molecule has 1 aromatic carbocycles. The fourth-order valence-electron chi connectivity index (χ4n) is 4.36. The fourth-order valence-corrected chi connectivity index (χ4v) is 4.36. The number of carbonyl (C=O) groups is 1. The Hall–Kier alpha value is -2.28. The first-order valence-corrected chi connectivity index (χ1v) is 10.7. The van der Waals surface area contributed by atoms with Gasteiger partial charge in [-0.15, -0.1) is 0 Å². The van der Waals surface area contributed by atoms with E-state index >= 15 is 0 Å². The van der Waals surface area contributed by atoms with Crippen LogP contribution in [0.5, 0.6) is 0 Å². The van der Waals surface area contributed by atoms with E-state index in [4.69, 9.17) is 0 Å². The summed E-state index contributed by atoms with van der Waals surface area (Å²) in [5.74, 6) is 0.695. The minimum absolute atomic E-state index is 0.128. The SMILES string of the molecule is Cc1ccccc1CC(=O)NCC1CCN(C2CC(c3ccncc3)NN2)CC1. The van der Waals surface area contributed by atoms with Crippen LogP contribution in [0.2, 0.25) is 0 Å². The third kappa shape index (κ3) is 5.21. The standard InChI is InChI=1S/C23H31N5O/c1-17-4-2-3-5-20(17)14-23(29)25-16-18-8-12-28(13-9-18)22-15-21(26-27-22)19-6-10-24-11-7-19/h2-7,10-11,18,21-22,26-27H,8-9,12-16H2,1H3,(H,25,29). The number of aromatic nitrogens is 1. The van der Waals surface area contributed by atoms with Crippen molar-refractivity contribution in [2.75, 3.05) is 19.6 Å². The lowest BCUT2D eigenvalue weighted by Gasteiger charge is -2.35. The maximum Gasteiger partial charge on any atom is 0.224 e. The molecule has 0 saturated carbocycles. The second-order valence-corrected chi connectivity index (χ2v) is 8.26. The molecule has 2 unspecified atom stereocenters.